The van der Waals surface area contributed by atoms with Gasteiger partial charge in [-0.15, -0.1) is 0 Å². The van der Waals surface area contributed by atoms with Gasteiger partial charge >= 0.3 is 5.97 Å². The Labute approximate surface area is 109 Å². The van der Waals surface area contributed by atoms with E-state index in [4.69, 9.17) is 5.11 Å². The van der Waals surface area contributed by atoms with Crippen LogP contribution in [0.3, 0.4) is 0 Å². The summed E-state index contributed by atoms with van der Waals surface area (Å²) in [6, 6.07) is 7.61. The fourth-order valence-corrected chi connectivity index (χ4v) is 2.79. The SMILES string of the molecule is O=C(O)C1NCC2C(=O)N(c3ccccc3)C(=O)C21. The molecule has 0 spiro atoms. The van der Waals surface area contributed by atoms with Gasteiger partial charge in [0.2, 0.25) is 11.8 Å². The molecule has 98 valence electrons. The third-order valence-electron chi connectivity index (χ3n) is 3.67. The van der Waals surface area contributed by atoms with Crippen LogP contribution in [0.5, 0.6) is 0 Å². The van der Waals surface area contributed by atoms with Crippen LogP contribution < -0.4 is 10.2 Å². The Morgan fingerprint density at radius 2 is 1.89 bits per heavy atom. The van der Waals surface area contributed by atoms with Gasteiger partial charge in [-0.3, -0.25) is 14.4 Å². The van der Waals surface area contributed by atoms with Crippen molar-refractivity contribution in [2.45, 2.75) is 6.04 Å². The lowest BCUT2D eigenvalue weighted by Crippen LogP contribution is -2.42. The summed E-state index contributed by atoms with van der Waals surface area (Å²) in [5.74, 6) is -3.22. The fraction of sp³-hybridized carbons (Fsp3) is 0.308. The maximum atomic E-state index is 12.3. The molecule has 2 heterocycles. The first-order valence-electron chi connectivity index (χ1n) is 6.00. The zero-order valence-corrected chi connectivity index (χ0v) is 9.95. The van der Waals surface area contributed by atoms with Gasteiger partial charge in [-0.1, -0.05) is 18.2 Å². The minimum atomic E-state index is -1.09. The van der Waals surface area contributed by atoms with E-state index < -0.39 is 29.8 Å². The molecule has 2 amide bonds. The maximum Gasteiger partial charge on any atom is 0.321 e. The molecular weight excluding hydrogens is 248 g/mol. The van der Waals surface area contributed by atoms with E-state index in [2.05, 4.69) is 5.32 Å². The van der Waals surface area contributed by atoms with Crippen molar-refractivity contribution >= 4 is 23.5 Å². The second-order valence-corrected chi connectivity index (χ2v) is 4.70. The molecule has 0 saturated carbocycles. The third kappa shape index (κ3) is 1.64. The standard InChI is InChI=1S/C13H12N2O4/c16-11-8-6-14-10(13(18)19)9(8)12(17)15(11)7-4-2-1-3-5-7/h1-5,8-10,14H,6H2,(H,18,19). The normalized spacial score (nSPS) is 29.7. The highest BCUT2D eigenvalue weighted by atomic mass is 16.4. The third-order valence-corrected chi connectivity index (χ3v) is 3.67. The van der Waals surface area contributed by atoms with Gasteiger partial charge in [0.15, 0.2) is 0 Å². The summed E-state index contributed by atoms with van der Waals surface area (Å²) in [6.45, 7) is 0.232. The Hall–Kier alpha value is -2.21. The molecule has 1 aromatic carbocycles. The van der Waals surface area contributed by atoms with Gasteiger partial charge in [-0.05, 0) is 12.1 Å². The molecule has 0 bridgehead atoms. The Kier molecular flexibility index (Phi) is 2.60. The molecular formula is C13H12N2O4. The lowest BCUT2D eigenvalue weighted by atomic mass is 9.93. The van der Waals surface area contributed by atoms with E-state index >= 15 is 0 Å². The topological polar surface area (TPSA) is 86.7 Å². The van der Waals surface area contributed by atoms with Crippen molar-refractivity contribution in [1.82, 2.24) is 5.32 Å². The van der Waals surface area contributed by atoms with Crippen molar-refractivity contribution in [3.63, 3.8) is 0 Å². The largest absolute Gasteiger partial charge is 0.480 e. The quantitative estimate of drug-likeness (QED) is 0.722. The first-order chi connectivity index (χ1) is 9.11. The van der Waals surface area contributed by atoms with Crippen LogP contribution in [0.4, 0.5) is 5.69 Å². The molecule has 3 rings (SSSR count). The smallest absolute Gasteiger partial charge is 0.321 e. The predicted octanol–water partition coefficient (Wildman–Crippen LogP) is -0.151. The number of aliphatic carboxylic acids is 1. The molecule has 0 aliphatic carbocycles. The summed E-state index contributed by atoms with van der Waals surface area (Å²) in [5.41, 5.74) is 0.496. The van der Waals surface area contributed by atoms with Crippen LogP contribution in [-0.4, -0.2) is 35.5 Å². The van der Waals surface area contributed by atoms with Crippen molar-refractivity contribution in [1.29, 1.82) is 0 Å². The zero-order valence-electron chi connectivity index (χ0n) is 9.95. The molecule has 6 nitrogen and oxygen atoms in total. The van der Waals surface area contributed by atoms with E-state index in [9.17, 15) is 14.4 Å². The highest BCUT2D eigenvalue weighted by molar-refractivity contribution is 6.23. The number of nitrogens with zero attached hydrogens (tertiary/aromatic N) is 1. The molecule has 6 heteroatoms. The van der Waals surface area contributed by atoms with Crippen molar-refractivity contribution in [3.8, 4) is 0 Å². The van der Waals surface area contributed by atoms with Crippen molar-refractivity contribution < 1.29 is 19.5 Å². The monoisotopic (exact) mass is 260 g/mol. The van der Waals surface area contributed by atoms with Gasteiger partial charge < -0.3 is 10.4 Å². The van der Waals surface area contributed by atoms with Crippen LogP contribution in [0.25, 0.3) is 0 Å². The number of imide groups is 1. The lowest BCUT2D eigenvalue weighted by molar-refractivity contribution is -0.142. The number of carboxylic acid groups (broad SMARTS) is 1. The van der Waals surface area contributed by atoms with E-state index in [-0.39, 0.29) is 12.5 Å². The molecule has 19 heavy (non-hydrogen) atoms. The van der Waals surface area contributed by atoms with E-state index in [0.717, 1.165) is 4.90 Å². The number of fused-ring (bicyclic) bond motifs is 1. The van der Waals surface area contributed by atoms with Crippen molar-refractivity contribution in [2.75, 3.05) is 11.4 Å². The van der Waals surface area contributed by atoms with Crippen LogP contribution >= 0.6 is 0 Å². The minimum absolute atomic E-state index is 0.232. The van der Waals surface area contributed by atoms with Crippen molar-refractivity contribution in [2.24, 2.45) is 11.8 Å². The van der Waals surface area contributed by atoms with E-state index in [1.165, 1.54) is 0 Å². The Morgan fingerprint density at radius 3 is 2.53 bits per heavy atom. The maximum absolute atomic E-state index is 12.3. The van der Waals surface area contributed by atoms with E-state index in [0.29, 0.717) is 5.69 Å². The van der Waals surface area contributed by atoms with Crippen LogP contribution in [0.15, 0.2) is 30.3 Å². The minimum Gasteiger partial charge on any atom is -0.480 e. The average Bonchev–Trinajstić information content (AvgIpc) is 2.93. The number of hydrogen-bond donors (Lipinski definition) is 2. The van der Waals surface area contributed by atoms with E-state index in [1.807, 2.05) is 0 Å². The number of para-hydroxylation sites is 1. The molecule has 2 aliphatic heterocycles. The number of carbonyl (C=O) groups excluding carboxylic acids is 2. The molecule has 2 fully saturated rings. The first kappa shape index (κ1) is 11.9. The van der Waals surface area contributed by atoms with Crippen LogP contribution in [0.2, 0.25) is 0 Å². The zero-order chi connectivity index (χ0) is 13.6. The molecule has 2 N–H and O–H groups in total. The Bertz CT molecular complexity index is 557. The molecule has 2 saturated heterocycles. The van der Waals surface area contributed by atoms with Gasteiger partial charge in [-0.2, -0.15) is 0 Å². The number of amides is 2. The van der Waals surface area contributed by atoms with Crippen LogP contribution in [0.1, 0.15) is 0 Å². The second-order valence-electron chi connectivity index (χ2n) is 4.70. The van der Waals surface area contributed by atoms with Crippen LogP contribution in [-0.2, 0) is 14.4 Å². The van der Waals surface area contributed by atoms with Crippen LogP contribution in [0, 0.1) is 11.8 Å². The number of carbonyl (C=O) groups is 3. The van der Waals surface area contributed by atoms with Gasteiger partial charge in [0.1, 0.15) is 6.04 Å². The fourth-order valence-electron chi connectivity index (χ4n) is 2.79. The van der Waals surface area contributed by atoms with Gasteiger partial charge in [-0.25, -0.2) is 4.90 Å². The summed E-state index contributed by atoms with van der Waals surface area (Å²) in [4.78, 5) is 36.8. The molecule has 2 aliphatic rings. The van der Waals surface area contributed by atoms with Gasteiger partial charge in [0.25, 0.3) is 0 Å². The molecule has 3 unspecified atom stereocenters. The Balaban J connectivity index is 1.97. The Morgan fingerprint density at radius 1 is 1.21 bits per heavy atom. The summed E-state index contributed by atoms with van der Waals surface area (Å²) < 4.78 is 0. The highest BCUT2D eigenvalue weighted by Gasteiger charge is 2.56. The summed E-state index contributed by atoms with van der Waals surface area (Å²) in [7, 11) is 0. The predicted molar refractivity (Wildman–Crippen MR) is 65.3 cm³/mol. The number of carboxylic acids is 1. The average molecular weight is 260 g/mol. The van der Waals surface area contributed by atoms with Crippen molar-refractivity contribution in [3.05, 3.63) is 30.3 Å². The number of rotatable bonds is 2. The summed E-state index contributed by atoms with van der Waals surface area (Å²) >= 11 is 0. The number of anilines is 1. The molecule has 3 atom stereocenters. The molecule has 1 aromatic rings. The highest BCUT2D eigenvalue weighted by Crippen LogP contribution is 2.36. The number of benzene rings is 1. The first-order valence-corrected chi connectivity index (χ1v) is 6.00. The second kappa shape index (κ2) is 4.17. The molecule has 0 radical (unpaired) electrons. The summed E-state index contributed by atoms with van der Waals surface area (Å²) in [5, 5.41) is 11.8. The van der Waals surface area contributed by atoms with E-state index in [1.54, 1.807) is 30.3 Å². The van der Waals surface area contributed by atoms with Gasteiger partial charge in [0.05, 0.1) is 17.5 Å². The number of nitrogens with one attached hydrogen (secondary N) is 1. The summed E-state index contributed by atoms with van der Waals surface area (Å²) in [6.07, 6.45) is 0. The number of hydrogen-bond acceptors (Lipinski definition) is 4. The molecule has 0 aromatic heterocycles. The lowest BCUT2D eigenvalue weighted by Gasteiger charge is -2.17. The van der Waals surface area contributed by atoms with Gasteiger partial charge in [0, 0.05) is 6.54 Å².